The van der Waals surface area contributed by atoms with Gasteiger partial charge in [0.25, 0.3) is 5.91 Å². The van der Waals surface area contributed by atoms with E-state index >= 15 is 0 Å². The highest BCUT2D eigenvalue weighted by Gasteiger charge is 2.20. The summed E-state index contributed by atoms with van der Waals surface area (Å²) in [6.07, 6.45) is 5.37. The molecule has 0 aliphatic heterocycles. The van der Waals surface area contributed by atoms with Gasteiger partial charge in [0.2, 0.25) is 0 Å². The van der Waals surface area contributed by atoms with Crippen molar-refractivity contribution in [2.24, 2.45) is 5.73 Å². The van der Waals surface area contributed by atoms with E-state index < -0.39 is 0 Å². The van der Waals surface area contributed by atoms with Crippen LogP contribution in [-0.4, -0.2) is 38.2 Å². The summed E-state index contributed by atoms with van der Waals surface area (Å²) in [5, 5.41) is 14.0. The van der Waals surface area contributed by atoms with E-state index in [2.05, 4.69) is 20.8 Å². The molecule has 0 saturated heterocycles. The molecule has 2 aromatic rings. The average molecular weight is 286 g/mol. The molecule has 0 radical (unpaired) electrons. The van der Waals surface area contributed by atoms with Crippen molar-refractivity contribution < 1.29 is 4.79 Å². The average Bonchev–Trinajstić information content (AvgIpc) is 3.04. The van der Waals surface area contributed by atoms with Crippen molar-refractivity contribution in [3.63, 3.8) is 0 Å². The number of nitrogens with two attached hydrogens (primary N) is 1. The molecule has 1 aromatic heterocycles. The smallest absolute Gasteiger partial charge is 0.251 e. The van der Waals surface area contributed by atoms with Gasteiger partial charge in [0, 0.05) is 17.6 Å². The van der Waals surface area contributed by atoms with E-state index in [-0.39, 0.29) is 18.0 Å². The van der Waals surface area contributed by atoms with Crippen LogP contribution in [0.15, 0.2) is 30.6 Å². The highest BCUT2D eigenvalue weighted by molar-refractivity contribution is 5.94. The molecule has 0 spiro atoms. The number of nitrogens with one attached hydrogen (secondary N) is 1. The molecule has 1 saturated carbocycles. The zero-order valence-corrected chi connectivity index (χ0v) is 11.6. The lowest BCUT2D eigenvalue weighted by molar-refractivity contribution is 0.0926. The number of carbonyl (C=O) groups is 1. The fraction of sp³-hybridized carbons (Fsp3) is 0.429. The lowest BCUT2D eigenvalue weighted by Crippen LogP contribution is -2.40. The molecule has 0 atom stereocenters. The second kappa shape index (κ2) is 6.01. The van der Waals surface area contributed by atoms with E-state index in [1.54, 1.807) is 16.8 Å². The second-order valence-electron chi connectivity index (χ2n) is 5.39. The first-order valence-electron chi connectivity index (χ1n) is 7.12. The topological polar surface area (TPSA) is 98.7 Å². The number of hydrogen-bond donors (Lipinski definition) is 2. The molecule has 7 heteroatoms. The van der Waals surface area contributed by atoms with Gasteiger partial charge in [0.05, 0.1) is 5.69 Å². The fourth-order valence-electron chi connectivity index (χ4n) is 2.58. The van der Waals surface area contributed by atoms with E-state index in [0.717, 1.165) is 31.4 Å². The Morgan fingerprint density at radius 3 is 2.52 bits per heavy atom. The molecule has 1 heterocycles. The van der Waals surface area contributed by atoms with Gasteiger partial charge >= 0.3 is 0 Å². The number of tetrazole rings is 1. The van der Waals surface area contributed by atoms with Crippen LogP contribution in [0.4, 0.5) is 0 Å². The second-order valence-corrected chi connectivity index (χ2v) is 5.39. The molecular weight excluding hydrogens is 268 g/mol. The van der Waals surface area contributed by atoms with Gasteiger partial charge in [-0.05, 0) is 60.4 Å². The molecular formula is C14H18N6O. The van der Waals surface area contributed by atoms with Crippen LogP contribution in [0.5, 0.6) is 0 Å². The van der Waals surface area contributed by atoms with Crippen molar-refractivity contribution in [3.05, 3.63) is 36.2 Å². The summed E-state index contributed by atoms with van der Waals surface area (Å²) in [6, 6.07) is 7.72. The maximum atomic E-state index is 12.2. The quantitative estimate of drug-likeness (QED) is 0.863. The molecule has 1 aliphatic rings. The molecule has 1 fully saturated rings. The van der Waals surface area contributed by atoms with E-state index in [4.69, 9.17) is 5.73 Å². The Morgan fingerprint density at radius 1 is 1.19 bits per heavy atom. The molecule has 21 heavy (non-hydrogen) atoms. The number of nitrogens with zero attached hydrogens (tertiary/aromatic N) is 4. The summed E-state index contributed by atoms with van der Waals surface area (Å²) in [5.41, 5.74) is 7.33. The van der Waals surface area contributed by atoms with Crippen LogP contribution in [0.1, 0.15) is 36.0 Å². The van der Waals surface area contributed by atoms with Gasteiger partial charge in [0.1, 0.15) is 6.33 Å². The lowest BCUT2D eigenvalue weighted by Gasteiger charge is -2.26. The van der Waals surface area contributed by atoms with Crippen molar-refractivity contribution in [2.45, 2.75) is 37.8 Å². The minimum atomic E-state index is -0.0428. The van der Waals surface area contributed by atoms with E-state index in [9.17, 15) is 4.79 Å². The van der Waals surface area contributed by atoms with Crippen LogP contribution in [0.25, 0.3) is 5.69 Å². The zero-order chi connectivity index (χ0) is 14.7. The first kappa shape index (κ1) is 13.7. The van der Waals surface area contributed by atoms with E-state index in [0.29, 0.717) is 5.56 Å². The Kier molecular flexibility index (Phi) is 3.92. The lowest BCUT2D eigenvalue weighted by atomic mass is 9.91. The first-order chi connectivity index (χ1) is 10.2. The molecule has 7 nitrogen and oxygen atoms in total. The number of carbonyl (C=O) groups excluding carboxylic acids is 1. The normalized spacial score (nSPS) is 22.0. The molecule has 0 unspecified atom stereocenters. The van der Waals surface area contributed by atoms with Gasteiger partial charge in [-0.15, -0.1) is 5.10 Å². The number of rotatable bonds is 3. The molecule has 1 amide bonds. The van der Waals surface area contributed by atoms with Crippen molar-refractivity contribution in [3.8, 4) is 5.69 Å². The molecule has 1 aliphatic carbocycles. The number of hydrogen-bond acceptors (Lipinski definition) is 5. The highest BCUT2D eigenvalue weighted by Crippen LogP contribution is 2.17. The van der Waals surface area contributed by atoms with Crippen LogP contribution in [0, 0.1) is 0 Å². The standard InChI is InChI=1S/C14H18N6O/c15-11-3-5-12(6-4-11)17-14(21)10-1-7-13(8-2-10)20-9-16-18-19-20/h1-2,7-9,11-12H,3-6,15H2,(H,17,21). The molecule has 3 N–H and O–H groups in total. The Bertz CT molecular complexity index is 586. The summed E-state index contributed by atoms with van der Waals surface area (Å²) in [5.74, 6) is -0.0428. The van der Waals surface area contributed by atoms with E-state index in [1.807, 2.05) is 12.1 Å². The molecule has 110 valence electrons. The number of benzene rings is 1. The van der Waals surface area contributed by atoms with Gasteiger partial charge < -0.3 is 11.1 Å². The minimum Gasteiger partial charge on any atom is -0.349 e. The van der Waals surface area contributed by atoms with Gasteiger partial charge in [-0.25, -0.2) is 4.68 Å². The van der Waals surface area contributed by atoms with Gasteiger partial charge in [0.15, 0.2) is 0 Å². The Labute approximate surface area is 122 Å². The largest absolute Gasteiger partial charge is 0.349 e. The van der Waals surface area contributed by atoms with Gasteiger partial charge in [-0.1, -0.05) is 0 Å². The Balaban J connectivity index is 1.62. The summed E-state index contributed by atoms with van der Waals surface area (Å²) < 4.78 is 1.55. The summed E-state index contributed by atoms with van der Waals surface area (Å²) in [7, 11) is 0. The van der Waals surface area contributed by atoms with Crippen molar-refractivity contribution in [2.75, 3.05) is 0 Å². The predicted molar refractivity (Wildman–Crippen MR) is 76.9 cm³/mol. The predicted octanol–water partition coefficient (Wildman–Crippen LogP) is 0.662. The van der Waals surface area contributed by atoms with Crippen molar-refractivity contribution >= 4 is 5.91 Å². The van der Waals surface area contributed by atoms with E-state index in [1.165, 1.54) is 6.33 Å². The van der Waals surface area contributed by atoms with Gasteiger partial charge in [-0.2, -0.15) is 0 Å². The van der Waals surface area contributed by atoms with Gasteiger partial charge in [-0.3, -0.25) is 4.79 Å². The minimum absolute atomic E-state index is 0.0428. The monoisotopic (exact) mass is 286 g/mol. The zero-order valence-electron chi connectivity index (χ0n) is 11.6. The summed E-state index contributed by atoms with van der Waals surface area (Å²) >= 11 is 0. The van der Waals surface area contributed by atoms with Crippen LogP contribution in [0.2, 0.25) is 0 Å². The SMILES string of the molecule is NC1CCC(NC(=O)c2ccc(-n3cnnn3)cc2)CC1. The number of amides is 1. The Morgan fingerprint density at radius 2 is 1.90 bits per heavy atom. The number of aromatic nitrogens is 4. The third-order valence-corrected chi connectivity index (χ3v) is 3.85. The summed E-state index contributed by atoms with van der Waals surface area (Å²) in [6.45, 7) is 0. The maximum absolute atomic E-state index is 12.2. The van der Waals surface area contributed by atoms with Crippen molar-refractivity contribution in [1.29, 1.82) is 0 Å². The molecule has 3 rings (SSSR count). The van der Waals surface area contributed by atoms with Crippen LogP contribution in [0.3, 0.4) is 0 Å². The summed E-state index contributed by atoms with van der Waals surface area (Å²) in [4.78, 5) is 12.2. The van der Waals surface area contributed by atoms with Crippen LogP contribution >= 0.6 is 0 Å². The van der Waals surface area contributed by atoms with Crippen molar-refractivity contribution in [1.82, 2.24) is 25.5 Å². The third kappa shape index (κ3) is 3.25. The molecule has 0 bridgehead atoms. The molecule has 1 aromatic carbocycles. The first-order valence-corrected chi connectivity index (χ1v) is 7.12. The van der Waals surface area contributed by atoms with Crippen LogP contribution in [-0.2, 0) is 0 Å². The fourth-order valence-corrected chi connectivity index (χ4v) is 2.58. The maximum Gasteiger partial charge on any atom is 0.251 e. The Hall–Kier alpha value is -2.28. The van der Waals surface area contributed by atoms with Crippen LogP contribution < -0.4 is 11.1 Å². The third-order valence-electron chi connectivity index (χ3n) is 3.85. The highest BCUT2D eigenvalue weighted by atomic mass is 16.1.